The monoisotopic (exact) mass is 420 g/mol. The van der Waals surface area contributed by atoms with Crippen molar-refractivity contribution in [2.24, 2.45) is 0 Å². The van der Waals surface area contributed by atoms with Gasteiger partial charge in [-0.2, -0.15) is 4.98 Å². The van der Waals surface area contributed by atoms with Crippen LogP contribution in [0.5, 0.6) is 5.75 Å². The predicted molar refractivity (Wildman–Crippen MR) is 94.9 cm³/mol. The van der Waals surface area contributed by atoms with Crippen molar-refractivity contribution in [2.45, 2.75) is 13.0 Å². The third-order valence-electron chi connectivity index (χ3n) is 4.37. The first-order chi connectivity index (χ1) is 12.5. The molecule has 0 fully saturated rings. The number of aromatic nitrogens is 3. The molecule has 0 radical (unpaired) electrons. The van der Waals surface area contributed by atoms with E-state index in [1.54, 1.807) is 0 Å². The SMILES string of the molecule is Nc1nc2c(F)c(-c3nc4cc(Br)cc5c4n3CCCO5)cc(F)c2o1. The number of hydrogen-bond acceptors (Lipinski definition) is 5. The lowest BCUT2D eigenvalue weighted by Crippen LogP contribution is -2.03. The van der Waals surface area contributed by atoms with Gasteiger partial charge >= 0.3 is 0 Å². The van der Waals surface area contributed by atoms with Crippen LogP contribution in [0, 0.1) is 11.6 Å². The van der Waals surface area contributed by atoms with E-state index in [0.717, 1.165) is 16.1 Å². The van der Waals surface area contributed by atoms with Gasteiger partial charge < -0.3 is 19.5 Å². The molecule has 0 amide bonds. The molecule has 6 nitrogen and oxygen atoms in total. The maximum atomic E-state index is 15.1. The highest BCUT2D eigenvalue weighted by molar-refractivity contribution is 9.10. The minimum atomic E-state index is -0.744. The van der Waals surface area contributed by atoms with Gasteiger partial charge in [-0.25, -0.2) is 13.8 Å². The summed E-state index contributed by atoms with van der Waals surface area (Å²) in [4.78, 5) is 8.29. The van der Waals surface area contributed by atoms with Crippen molar-refractivity contribution in [1.82, 2.24) is 14.5 Å². The Hall–Kier alpha value is -2.68. The van der Waals surface area contributed by atoms with Crippen LogP contribution in [0.2, 0.25) is 0 Å². The zero-order chi connectivity index (χ0) is 18.0. The normalized spacial score (nSPS) is 14.0. The summed E-state index contributed by atoms with van der Waals surface area (Å²) in [7, 11) is 0. The molecule has 3 heterocycles. The van der Waals surface area contributed by atoms with Crippen LogP contribution in [0.15, 0.2) is 27.1 Å². The summed E-state index contributed by atoms with van der Waals surface area (Å²) in [6.45, 7) is 1.10. The van der Waals surface area contributed by atoms with Gasteiger partial charge in [0.05, 0.1) is 17.7 Å². The Kier molecular flexibility index (Phi) is 3.24. The van der Waals surface area contributed by atoms with E-state index in [2.05, 4.69) is 25.9 Å². The number of anilines is 1. The van der Waals surface area contributed by atoms with Gasteiger partial charge in [-0.3, -0.25) is 0 Å². The Bertz CT molecular complexity index is 1200. The first-order valence-electron chi connectivity index (χ1n) is 7.90. The fourth-order valence-corrected chi connectivity index (χ4v) is 3.75. The molecule has 2 aromatic heterocycles. The van der Waals surface area contributed by atoms with Crippen molar-refractivity contribution >= 4 is 44.1 Å². The molecule has 2 aromatic carbocycles. The summed E-state index contributed by atoms with van der Waals surface area (Å²) < 4.78 is 42.8. The molecule has 0 unspecified atom stereocenters. The van der Waals surface area contributed by atoms with E-state index in [0.29, 0.717) is 36.7 Å². The topological polar surface area (TPSA) is 79.1 Å². The minimum Gasteiger partial charge on any atom is -0.491 e. The first kappa shape index (κ1) is 15.6. The Labute approximate surface area is 153 Å². The van der Waals surface area contributed by atoms with Crippen LogP contribution >= 0.6 is 15.9 Å². The lowest BCUT2D eigenvalue weighted by molar-refractivity contribution is 0.315. The van der Waals surface area contributed by atoms with Crippen molar-refractivity contribution in [3.63, 3.8) is 0 Å². The molecule has 0 saturated carbocycles. The zero-order valence-electron chi connectivity index (χ0n) is 13.2. The van der Waals surface area contributed by atoms with E-state index in [1.165, 1.54) is 0 Å². The molecule has 0 bridgehead atoms. The highest BCUT2D eigenvalue weighted by Crippen LogP contribution is 2.38. The van der Waals surface area contributed by atoms with Gasteiger partial charge in [0.25, 0.3) is 6.01 Å². The van der Waals surface area contributed by atoms with Crippen LogP contribution < -0.4 is 10.5 Å². The van der Waals surface area contributed by atoms with Gasteiger partial charge in [-0.05, 0) is 24.6 Å². The second-order valence-corrected chi connectivity index (χ2v) is 6.93. The standard InChI is InChI=1S/C17H11BrF2N4O2/c18-7-4-10-14-11(5-7)25-3-1-2-24(14)16(22-10)8-6-9(19)15-13(12(8)20)23-17(21)26-15/h4-6H,1-3H2,(H2,21,23). The number of rotatable bonds is 1. The number of benzene rings is 2. The average molecular weight is 421 g/mol. The van der Waals surface area contributed by atoms with Crippen molar-refractivity contribution in [3.05, 3.63) is 34.3 Å². The number of nitrogens with two attached hydrogens (primary N) is 1. The lowest BCUT2D eigenvalue weighted by Gasteiger charge is -2.08. The van der Waals surface area contributed by atoms with Crippen LogP contribution in [0.1, 0.15) is 6.42 Å². The van der Waals surface area contributed by atoms with Crippen molar-refractivity contribution in [1.29, 1.82) is 0 Å². The van der Waals surface area contributed by atoms with Crippen molar-refractivity contribution in [2.75, 3.05) is 12.3 Å². The Morgan fingerprint density at radius 2 is 2.04 bits per heavy atom. The molecule has 0 saturated heterocycles. The summed E-state index contributed by atoms with van der Waals surface area (Å²) in [5, 5.41) is 0. The Balaban J connectivity index is 1.86. The van der Waals surface area contributed by atoms with Gasteiger partial charge in [0.2, 0.25) is 0 Å². The smallest absolute Gasteiger partial charge is 0.293 e. The third kappa shape index (κ3) is 2.13. The minimum absolute atomic E-state index is 0.00322. The van der Waals surface area contributed by atoms with E-state index in [-0.39, 0.29) is 22.7 Å². The van der Waals surface area contributed by atoms with Crippen LogP contribution in [0.4, 0.5) is 14.8 Å². The number of hydrogen-bond donors (Lipinski definition) is 1. The van der Waals surface area contributed by atoms with Crippen LogP contribution in [-0.4, -0.2) is 21.1 Å². The number of nitrogens with zero attached hydrogens (tertiary/aromatic N) is 3. The number of aryl methyl sites for hydroxylation is 1. The van der Waals surface area contributed by atoms with E-state index in [4.69, 9.17) is 14.9 Å². The molecule has 9 heteroatoms. The number of nitrogen functional groups attached to an aromatic ring is 1. The van der Waals surface area contributed by atoms with E-state index >= 15 is 4.39 Å². The summed E-state index contributed by atoms with van der Waals surface area (Å²) in [5.74, 6) is -0.506. The number of fused-ring (bicyclic) bond motifs is 1. The molecule has 26 heavy (non-hydrogen) atoms. The van der Waals surface area contributed by atoms with E-state index in [1.807, 2.05) is 16.7 Å². The molecule has 5 rings (SSSR count). The fraction of sp³-hybridized carbons (Fsp3) is 0.176. The average Bonchev–Trinajstić information content (AvgIpc) is 3.08. The van der Waals surface area contributed by atoms with Crippen molar-refractivity contribution < 1.29 is 17.9 Å². The van der Waals surface area contributed by atoms with Gasteiger partial charge in [0, 0.05) is 11.0 Å². The number of ether oxygens (including phenoxy) is 1. The highest BCUT2D eigenvalue weighted by Gasteiger charge is 2.25. The number of halogens is 3. The maximum Gasteiger partial charge on any atom is 0.293 e. The predicted octanol–water partition coefficient (Wildman–Crippen LogP) is 4.25. The summed E-state index contributed by atoms with van der Waals surface area (Å²) in [6, 6.07) is 4.43. The maximum absolute atomic E-state index is 15.1. The largest absolute Gasteiger partial charge is 0.491 e. The molecular formula is C17H11BrF2N4O2. The summed E-state index contributed by atoms with van der Waals surface area (Å²) in [5.41, 5.74) is 6.28. The van der Waals surface area contributed by atoms with E-state index in [9.17, 15) is 4.39 Å². The molecular weight excluding hydrogens is 410 g/mol. The van der Waals surface area contributed by atoms with Crippen molar-refractivity contribution in [3.8, 4) is 17.1 Å². The zero-order valence-corrected chi connectivity index (χ0v) is 14.8. The third-order valence-corrected chi connectivity index (χ3v) is 4.83. The molecule has 4 aromatic rings. The van der Waals surface area contributed by atoms with Crippen LogP contribution in [0.25, 0.3) is 33.5 Å². The van der Waals surface area contributed by atoms with Gasteiger partial charge in [-0.15, -0.1) is 0 Å². The highest BCUT2D eigenvalue weighted by atomic mass is 79.9. The van der Waals surface area contributed by atoms with E-state index < -0.39 is 11.6 Å². The number of oxazole rings is 1. The Morgan fingerprint density at radius 1 is 1.19 bits per heavy atom. The molecule has 0 atom stereocenters. The molecule has 2 N–H and O–H groups in total. The first-order valence-corrected chi connectivity index (χ1v) is 8.69. The quantitative estimate of drug-likeness (QED) is 0.497. The fourth-order valence-electron chi connectivity index (χ4n) is 3.33. The molecule has 0 spiro atoms. The Morgan fingerprint density at radius 3 is 2.88 bits per heavy atom. The molecule has 1 aliphatic rings. The van der Waals surface area contributed by atoms with Crippen LogP contribution in [0.3, 0.4) is 0 Å². The summed E-state index contributed by atoms with van der Waals surface area (Å²) >= 11 is 3.43. The van der Waals surface area contributed by atoms with Gasteiger partial charge in [0.1, 0.15) is 17.1 Å². The van der Waals surface area contributed by atoms with Gasteiger partial charge in [-0.1, -0.05) is 15.9 Å². The second-order valence-electron chi connectivity index (χ2n) is 6.01. The summed E-state index contributed by atoms with van der Waals surface area (Å²) in [6.07, 6.45) is 0.716. The lowest BCUT2D eigenvalue weighted by atomic mass is 10.1. The second kappa shape index (κ2) is 5.41. The molecule has 0 aliphatic carbocycles. The molecule has 1 aliphatic heterocycles. The van der Waals surface area contributed by atoms with Gasteiger partial charge in [0.15, 0.2) is 22.7 Å². The molecule has 132 valence electrons. The van der Waals surface area contributed by atoms with Crippen LogP contribution in [-0.2, 0) is 6.54 Å². The number of imidazole rings is 1.